The van der Waals surface area contributed by atoms with Crippen LogP contribution in [0.25, 0.3) is 12.2 Å². The fourth-order valence-corrected chi connectivity index (χ4v) is 12.4. The van der Waals surface area contributed by atoms with Crippen molar-refractivity contribution in [1.82, 2.24) is 0 Å². The molecule has 0 fully saturated rings. The van der Waals surface area contributed by atoms with Crippen LogP contribution in [0.4, 0.5) is 22.7 Å². The number of benzene rings is 8. The number of esters is 2. The van der Waals surface area contributed by atoms with Crippen LogP contribution in [0.3, 0.4) is 0 Å². The molecule has 0 aromatic heterocycles. The quantitative estimate of drug-likeness (QED) is 0.0276. The number of anilines is 4. The Hall–Kier alpha value is -7.20. The number of methoxy groups -OCH3 is 2. The first-order valence-corrected chi connectivity index (χ1v) is 35.8. The van der Waals surface area contributed by atoms with E-state index < -0.39 is 57.0 Å². The topological polar surface area (TPSA) is 289 Å². The molecule has 8 aromatic rings. The summed E-state index contributed by atoms with van der Waals surface area (Å²) in [5.41, 5.74) is 11.9. The van der Waals surface area contributed by atoms with E-state index in [-0.39, 0.29) is 19.6 Å². The zero-order chi connectivity index (χ0) is 69.1. The van der Waals surface area contributed by atoms with Gasteiger partial charge in [-0.25, -0.2) is 48.1 Å². The maximum Gasteiger partial charge on any atom is 0.330 e. The van der Waals surface area contributed by atoms with Crippen LogP contribution in [0.15, 0.2) is 223 Å². The standard InChI is InChI=1S/C17H16ClNO4S.C16H14ClNO4S.C13H11BrClNO2S.C7H8ClN.C6H4BrClO2S.C4H6O2/c1-12-10-14(7-8-16(12)18)19-24(21,22)15-5-3-4-13(11-15)6-9-17(20)23-2;1-11-9-13(6-7-15(11)17)18-23(21,22)14-4-2-3-12(10-14)5-8-16(19)20;1-9-7-11(5-6-13(9)15)16-19(17,18)12-4-2-3-10(14)8-12;1-5-4-6(9)2-3-7(5)8;7-5-2-1-3-6(4-5)11(8,9)10;1-3-4(5)6-2/h3-11,19H,1-2H3;2-10,18H,1H3,(H,19,20);2-8,16H,1H3;2-4H,9H2,1H3;1-4H;3H,1H2,2H3/b9-6+;8-5+;;;;. The molecular formula is C63H59Br2Cl5N4O14S4. The van der Waals surface area contributed by atoms with Crippen molar-refractivity contribution in [2.45, 2.75) is 47.3 Å². The largest absolute Gasteiger partial charge is 0.478 e. The molecule has 0 aliphatic rings. The first-order valence-electron chi connectivity index (χ1n) is 25.9. The van der Waals surface area contributed by atoms with Crippen molar-refractivity contribution in [1.29, 1.82) is 0 Å². The second kappa shape index (κ2) is 37.5. The Morgan fingerprint density at radius 1 is 0.467 bits per heavy atom. The molecule has 0 spiro atoms. The third-order valence-corrected chi connectivity index (χ3v) is 19.5. The normalized spacial score (nSPS) is 11.0. The van der Waals surface area contributed by atoms with Crippen LogP contribution in [0.5, 0.6) is 0 Å². The first-order chi connectivity index (χ1) is 43.0. The second-order valence-corrected chi connectivity index (χ2v) is 29.5. The van der Waals surface area contributed by atoms with Gasteiger partial charge < -0.3 is 20.3 Å². The summed E-state index contributed by atoms with van der Waals surface area (Å²) in [6, 6.07) is 45.1. The van der Waals surface area contributed by atoms with Gasteiger partial charge in [0.15, 0.2) is 0 Å². The van der Waals surface area contributed by atoms with E-state index in [1.807, 2.05) is 19.9 Å². The molecule has 92 heavy (non-hydrogen) atoms. The van der Waals surface area contributed by atoms with Crippen LogP contribution in [0.2, 0.25) is 20.1 Å². The predicted octanol–water partition coefficient (Wildman–Crippen LogP) is 16.3. The summed E-state index contributed by atoms with van der Waals surface area (Å²) in [5.74, 6) is -2.01. The molecule has 8 rings (SSSR count). The molecule has 6 N–H and O–H groups in total. The molecular weight excluding hydrogens is 1500 g/mol. The van der Waals surface area contributed by atoms with Gasteiger partial charge in [0.1, 0.15) is 0 Å². The molecule has 0 heterocycles. The van der Waals surface area contributed by atoms with Crippen molar-refractivity contribution in [2.75, 3.05) is 34.1 Å². The molecule has 488 valence electrons. The van der Waals surface area contributed by atoms with Crippen molar-refractivity contribution in [2.24, 2.45) is 0 Å². The molecule has 29 heteroatoms. The van der Waals surface area contributed by atoms with Crippen LogP contribution in [0.1, 0.15) is 33.4 Å². The summed E-state index contributed by atoms with van der Waals surface area (Å²) in [6.07, 6.45) is 6.09. The zero-order valence-electron chi connectivity index (χ0n) is 49.4. The van der Waals surface area contributed by atoms with Crippen molar-refractivity contribution < 1.29 is 62.6 Å². The molecule has 0 amide bonds. The molecule has 0 aliphatic carbocycles. The van der Waals surface area contributed by atoms with Gasteiger partial charge in [0.05, 0.1) is 33.8 Å². The van der Waals surface area contributed by atoms with Gasteiger partial charge in [0, 0.05) is 80.7 Å². The molecule has 0 atom stereocenters. The summed E-state index contributed by atoms with van der Waals surface area (Å²) in [6.45, 7) is 10.5. The minimum absolute atomic E-state index is 0.0395. The van der Waals surface area contributed by atoms with Gasteiger partial charge in [0.25, 0.3) is 39.1 Å². The molecule has 8 aromatic carbocycles. The number of rotatable bonds is 15. The van der Waals surface area contributed by atoms with Crippen molar-refractivity contribution in [3.8, 4) is 0 Å². The minimum Gasteiger partial charge on any atom is -0.478 e. The Kier molecular flexibility index (Phi) is 32.2. The van der Waals surface area contributed by atoms with E-state index in [9.17, 15) is 48.1 Å². The number of carbonyl (C=O) groups is 3. The lowest BCUT2D eigenvalue weighted by Gasteiger charge is -2.10. The number of nitrogens with two attached hydrogens (primary N) is 1. The number of aryl methyl sites for hydroxylation is 4. The van der Waals surface area contributed by atoms with Crippen molar-refractivity contribution in [3.05, 3.63) is 257 Å². The van der Waals surface area contributed by atoms with E-state index >= 15 is 0 Å². The Morgan fingerprint density at radius 3 is 1.09 bits per heavy atom. The number of nitrogen functional groups attached to an aromatic ring is 1. The average molecular weight is 1560 g/mol. The zero-order valence-corrected chi connectivity index (χ0v) is 59.6. The van der Waals surface area contributed by atoms with Gasteiger partial charge in [-0.1, -0.05) is 121 Å². The van der Waals surface area contributed by atoms with Gasteiger partial charge in [-0.15, -0.1) is 0 Å². The summed E-state index contributed by atoms with van der Waals surface area (Å²) < 4.78 is 113. The third kappa shape index (κ3) is 28.3. The van der Waals surface area contributed by atoms with Gasteiger partial charge in [0.2, 0.25) is 0 Å². The number of hydrogen-bond donors (Lipinski definition) is 5. The molecule has 0 saturated heterocycles. The molecule has 0 radical (unpaired) electrons. The van der Waals surface area contributed by atoms with Crippen LogP contribution >= 0.6 is 88.9 Å². The Bertz CT molecular complexity index is 4470. The SMILES string of the molecule is C=CC(=O)OC.COC(=O)/C=C/c1cccc(S(=O)(=O)Nc2ccc(Cl)c(C)c2)c1.Cc1cc(N)ccc1Cl.Cc1cc(NS(=O)(=O)c2cccc(/C=C/C(=O)O)c2)ccc1Cl.Cc1cc(NS(=O)(=O)c2cccc(Br)c2)ccc1Cl.O=S(=O)(Cl)c1cccc(Br)c1. The summed E-state index contributed by atoms with van der Waals surface area (Å²) in [7, 11) is -7.04. The summed E-state index contributed by atoms with van der Waals surface area (Å²) in [5, 5.41) is 11.1. The van der Waals surface area contributed by atoms with Gasteiger partial charge in [-0.3, -0.25) is 14.2 Å². The molecule has 18 nitrogen and oxygen atoms in total. The number of ether oxygens (including phenoxy) is 2. The number of carbonyl (C=O) groups excluding carboxylic acids is 2. The maximum absolute atomic E-state index is 12.5. The highest BCUT2D eigenvalue weighted by Crippen LogP contribution is 2.27. The lowest BCUT2D eigenvalue weighted by Crippen LogP contribution is -2.13. The second-order valence-electron chi connectivity index (χ2n) is 18.5. The van der Waals surface area contributed by atoms with Crippen LogP contribution in [0, 0.1) is 27.7 Å². The summed E-state index contributed by atoms with van der Waals surface area (Å²) in [4.78, 5) is 31.9. The Morgan fingerprint density at radius 2 is 0.793 bits per heavy atom. The van der Waals surface area contributed by atoms with E-state index in [4.69, 9.17) is 67.9 Å². The van der Waals surface area contributed by atoms with Gasteiger partial charge in [-0.2, -0.15) is 0 Å². The molecule has 0 aliphatic heterocycles. The van der Waals surface area contributed by atoms with E-state index in [0.717, 1.165) is 45.1 Å². The lowest BCUT2D eigenvalue weighted by atomic mass is 10.2. The highest BCUT2D eigenvalue weighted by atomic mass is 79.9. The van der Waals surface area contributed by atoms with Gasteiger partial charge >= 0.3 is 17.9 Å². The van der Waals surface area contributed by atoms with Crippen LogP contribution < -0.4 is 19.9 Å². The number of carboxylic acids is 1. The summed E-state index contributed by atoms with van der Waals surface area (Å²) >= 11 is 29.9. The predicted molar refractivity (Wildman–Crippen MR) is 376 cm³/mol. The minimum atomic E-state index is -3.78. The number of carboxylic acid groups (broad SMARTS) is 1. The Balaban J connectivity index is 0.000000304. The smallest absolute Gasteiger partial charge is 0.330 e. The first kappa shape index (κ1) is 79.0. The van der Waals surface area contributed by atoms with Gasteiger partial charge in [-0.05, 0) is 207 Å². The van der Waals surface area contributed by atoms with Crippen LogP contribution in [-0.2, 0) is 63.0 Å². The fourth-order valence-electron chi connectivity index (χ4n) is 6.74. The monoisotopic (exact) mass is 1560 g/mol. The number of hydrogen-bond acceptors (Lipinski definition) is 14. The number of sulfonamides is 3. The Labute approximate surface area is 576 Å². The van der Waals surface area contributed by atoms with E-state index in [1.165, 1.54) is 74.9 Å². The van der Waals surface area contributed by atoms with E-state index in [0.29, 0.717) is 52.2 Å². The number of aliphatic carboxylic acids is 1. The molecule has 0 bridgehead atoms. The number of halogens is 7. The highest BCUT2D eigenvalue weighted by molar-refractivity contribution is 9.10. The van der Waals surface area contributed by atoms with E-state index in [2.05, 4.69) is 62.1 Å². The van der Waals surface area contributed by atoms with Crippen molar-refractivity contribution in [3.63, 3.8) is 0 Å². The van der Waals surface area contributed by atoms with Crippen LogP contribution in [-0.4, -0.2) is 70.9 Å². The molecule has 0 unspecified atom stereocenters. The molecule has 0 saturated carbocycles. The van der Waals surface area contributed by atoms with Crippen molar-refractivity contribution >= 4 is 181 Å². The fraction of sp³-hybridized carbons (Fsp3) is 0.0952. The highest BCUT2D eigenvalue weighted by Gasteiger charge is 2.18. The maximum atomic E-state index is 12.5. The average Bonchev–Trinajstić information content (AvgIpc) is 0.864. The third-order valence-electron chi connectivity index (χ3n) is 11.3. The number of nitrogens with one attached hydrogen (secondary N) is 3. The van der Waals surface area contributed by atoms with E-state index in [1.54, 1.807) is 135 Å². The lowest BCUT2D eigenvalue weighted by molar-refractivity contribution is -0.135.